The van der Waals surface area contributed by atoms with Gasteiger partial charge in [0.05, 0.1) is 24.8 Å². The summed E-state index contributed by atoms with van der Waals surface area (Å²) in [7, 11) is 7.40. The average molecular weight is 569 g/mol. The van der Waals surface area contributed by atoms with Crippen LogP contribution in [0.1, 0.15) is 54.6 Å². The third-order valence-corrected chi connectivity index (χ3v) is 7.13. The van der Waals surface area contributed by atoms with E-state index in [0.29, 0.717) is 29.7 Å². The number of carbonyl (C=O) groups excluding carboxylic acids is 1. The Bertz CT molecular complexity index is 1220. The number of benzene rings is 3. The van der Waals surface area contributed by atoms with Gasteiger partial charge in [0.1, 0.15) is 24.7 Å². The molecule has 0 unspecified atom stereocenters. The minimum atomic E-state index is -0.248. The van der Waals surface area contributed by atoms with E-state index in [4.69, 9.17) is 30.5 Å². The Kier molecular flexibility index (Phi) is 12.0. The second kappa shape index (κ2) is 15.4. The van der Waals surface area contributed by atoms with E-state index in [1.165, 1.54) is 0 Å². The molecule has 40 heavy (non-hydrogen) atoms. The average Bonchev–Trinajstić information content (AvgIpc) is 2.95. The Morgan fingerprint density at radius 2 is 1.43 bits per heavy atom. The summed E-state index contributed by atoms with van der Waals surface area (Å²) in [5, 5.41) is 3.32. The van der Waals surface area contributed by atoms with Gasteiger partial charge in [-0.15, -0.1) is 0 Å². The molecule has 0 spiro atoms. The van der Waals surface area contributed by atoms with Crippen molar-refractivity contribution in [3.05, 3.63) is 82.4 Å². The molecule has 0 saturated heterocycles. The minimum Gasteiger partial charge on any atom is -0.497 e. The Labute approximate surface area is 243 Å². The van der Waals surface area contributed by atoms with Crippen molar-refractivity contribution >= 4 is 17.5 Å². The van der Waals surface area contributed by atoms with Gasteiger partial charge in [-0.25, -0.2) is 0 Å². The summed E-state index contributed by atoms with van der Waals surface area (Å²) >= 11 is 6.82. The maximum absolute atomic E-state index is 13.3. The smallest absolute Gasteiger partial charge is 0.253 e. The predicted octanol–water partition coefficient (Wildman–Crippen LogP) is 6.75. The lowest BCUT2D eigenvalue weighted by atomic mass is 10.0. The molecular weight excluding hydrogens is 528 g/mol. The van der Waals surface area contributed by atoms with Gasteiger partial charge < -0.3 is 29.2 Å². The molecule has 216 valence electrons. The zero-order chi connectivity index (χ0) is 29.1. The van der Waals surface area contributed by atoms with E-state index >= 15 is 0 Å². The fourth-order valence-electron chi connectivity index (χ4n) is 4.41. The molecule has 7 nitrogen and oxygen atoms in total. The second-order valence-electron chi connectivity index (χ2n) is 10.0. The summed E-state index contributed by atoms with van der Waals surface area (Å²) < 4.78 is 22.8. The van der Waals surface area contributed by atoms with Crippen LogP contribution >= 0.6 is 11.6 Å². The normalized spacial score (nSPS) is 12.5. The zero-order valence-electron chi connectivity index (χ0n) is 24.3. The van der Waals surface area contributed by atoms with Crippen molar-refractivity contribution in [3.63, 3.8) is 0 Å². The van der Waals surface area contributed by atoms with E-state index in [1.54, 1.807) is 26.4 Å². The molecule has 3 aromatic carbocycles. The number of halogens is 1. The molecular formula is C32H41ClN2O5. The van der Waals surface area contributed by atoms with E-state index in [0.717, 1.165) is 41.9 Å². The number of nitrogens with zero attached hydrogens (tertiary/aromatic N) is 1. The Morgan fingerprint density at radius 3 is 1.93 bits per heavy atom. The summed E-state index contributed by atoms with van der Waals surface area (Å²) in [4.78, 5) is 15.5. The molecule has 0 radical (unpaired) electrons. The van der Waals surface area contributed by atoms with Crippen molar-refractivity contribution in [3.8, 4) is 23.0 Å². The molecule has 0 aliphatic heterocycles. The van der Waals surface area contributed by atoms with Gasteiger partial charge in [-0.2, -0.15) is 0 Å². The Morgan fingerprint density at radius 1 is 0.875 bits per heavy atom. The van der Waals surface area contributed by atoms with Crippen molar-refractivity contribution in [1.29, 1.82) is 0 Å². The standard InChI is InChI=1S/C32H41ClN2O5/c1-7-8-25(35(3)4)19-22(2)34-32(36)28-17-18-29(39-20-23-9-13-26(37-5)14-10-23)31(30(28)33)40-21-24-11-15-27(38-6)16-12-24/h9-18,22,25H,7-8,19-21H2,1-6H3,(H,34,36)/t22-,25-/m1/s1. The first-order valence-corrected chi connectivity index (χ1v) is 13.9. The van der Waals surface area contributed by atoms with Crippen LogP contribution in [0.25, 0.3) is 0 Å². The first-order valence-electron chi connectivity index (χ1n) is 13.6. The quantitative estimate of drug-likeness (QED) is 0.219. The minimum absolute atomic E-state index is 0.0304. The van der Waals surface area contributed by atoms with Gasteiger partial charge in [-0.05, 0) is 81.4 Å². The van der Waals surface area contributed by atoms with Gasteiger partial charge in [-0.3, -0.25) is 4.79 Å². The van der Waals surface area contributed by atoms with Crippen LogP contribution in [0.5, 0.6) is 23.0 Å². The highest BCUT2D eigenvalue weighted by molar-refractivity contribution is 6.35. The molecule has 0 aromatic heterocycles. The van der Waals surface area contributed by atoms with E-state index in [1.807, 2.05) is 55.5 Å². The third kappa shape index (κ3) is 8.80. The molecule has 0 saturated carbocycles. The summed E-state index contributed by atoms with van der Waals surface area (Å²) in [5.41, 5.74) is 2.22. The number of hydrogen-bond donors (Lipinski definition) is 1. The van der Waals surface area contributed by atoms with Crippen molar-refractivity contribution in [2.75, 3.05) is 28.3 Å². The molecule has 0 aliphatic carbocycles. The molecule has 3 aromatic rings. The number of ether oxygens (including phenoxy) is 4. The number of hydrogen-bond acceptors (Lipinski definition) is 6. The molecule has 8 heteroatoms. The summed E-state index contributed by atoms with van der Waals surface area (Å²) in [6, 6.07) is 19.0. The predicted molar refractivity (Wildman–Crippen MR) is 160 cm³/mol. The highest BCUT2D eigenvalue weighted by Crippen LogP contribution is 2.39. The van der Waals surface area contributed by atoms with Gasteiger partial charge in [0, 0.05) is 12.1 Å². The topological polar surface area (TPSA) is 69.3 Å². The molecule has 0 bridgehead atoms. The molecule has 0 heterocycles. The van der Waals surface area contributed by atoms with Crippen molar-refractivity contribution in [1.82, 2.24) is 10.2 Å². The van der Waals surface area contributed by atoms with E-state index in [9.17, 15) is 4.79 Å². The maximum atomic E-state index is 13.3. The van der Waals surface area contributed by atoms with Gasteiger partial charge in [0.2, 0.25) is 0 Å². The Hall–Kier alpha value is -3.42. The summed E-state index contributed by atoms with van der Waals surface area (Å²) in [6.45, 7) is 4.73. The SMILES string of the molecule is CCC[C@H](C[C@@H](C)NC(=O)c1ccc(OCc2ccc(OC)cc2)c(OCc2ccc(OC)cc2)c1Cl)N(C)C. The summed E-state index contributed by atoms with van der Waals surface area (Å²) in [6.07, 6.45) is 2.99. The van der Waals surface area contributed by atoms with Crippen molar-refractivity contribution < 1.29 is 23.7 Å². The molecule has 2 atom stereocenters. The van der Waals surface area contributed by atoms with Crippen LogP contribution in [0.3, 0.4) is 0 Å². The van der Waals surface area contributed by atoms with Crippen LogP contribution < -0.4 is 24.3 Å². The molecule has 1 N–H and O–H groups in total. The number of amides is 1. The highest BCUT2D eigenvalue weighted by atomic mass is 35.5. The van der Waals surface area contributed by atoms with Gasteiger partial charge in [0.15, 0.2) is 11.5 Å². The van der Waals surface area contributed by atoms with Crippen LogP contribution in [0.2, 0.25) is 5.02 Å². The fraction of sp³-hybridized carbons (Fsp3) is 0.406. The van der Waals surface area contributed by atoms with Crippen LogP contribution in [0.4, 0.5) is 0 Å². The second-order valence-corrected chi connectivity index (χ2v) is 10.4. The lowest BCUT2D eigenvalue weighted by Crippen LogP contribution is -2.39. The fourth-order valence-corrected chi connectivity index (χ4v) is 4.71. The number of carbonyl (C=O) groups is 1. The largest absolute Gasteiger partial charge is 0.497 e. The van der Waals surface area contributed by atoms with E-state index in [2.05, 4.69) is 31.2 Å². The lowest BCUT2D eigenvalue weighted by molar-refractivity contribution is 0.0930. The van der Waals surface area contributed by atoms with Gasteiger partial charge in [-0.1, -0.05) is 49.2 Å². The van der Waals surface area contributed by atoms with Crippen molar-refractivity contribution in [2.24, 2.45) is 0 Å². The zero-order valence-corrected chi connectivity index (χ0v) is 25.1. The lowest BCUT2D eigenvalue weighted by Gasteiger charge is -2.27. The molecule has 3 rings (SSSR count). The van der Waals surface area contributed by atoms with Crippen LogP contribution in [0, 0.1) is 0 Å². The van der Waals surface area contributed by atoms with Gasteiger partial charge in [0.25, 0.3) is 5.91 Å². The van der Waals surface area contributed by atoms with Crippen LogP contribution in [-0.2, 0) is 13.2 Å². The monoisotopic (exact) mass is 568 g/mol. The van der Waals surface area contributed by atoms with E-state index in [-0.39, 0.29) is 23.6 Å². The third-order valence-electron chi connectivity index (χ3n) is 6.76. The number of nitrogens with one attached hydrogen (secondary N) is 1. The maximum Gasteiger partial charge on any atom is 0.253 e. The molecule has 0 fully saturated rings. The summed E-state index contributed by atoms with van der Waals surface area (Å²) in [5.74, 6) is 2.06. The first kappa shape index (κ1) is 31.1. The Balaban J connectivity index is 1.81. The number of methoxy groups -OCH3 is 2. The van der Waals surface area contributed by atoms with Crippen LogP contribution in [-0.4, -0.2) is 51.2 Å². The van der Waals surface area contributed by atoms with E-state index < -0.39 is 0 Å². The number of rotatable bonds is 15. The highest BCUT2D eigenvalue weighted by Gasteiger charge is 2.22. The van der Waals surface area contributed by atoms with Gasteiger partial charge >= 0.3 is 0 Å². The first-order chi connectivity index (χ1) is 19.2. The van der Waals surface area contributed by atoms with Crippen LogP contribution in [0.15, 0.2) is 60.7 Å². The molecule has 1 amide bonds. The molecule has 0 aliphatic rings. The van der Waals surface area contributed by atoms with Crippen molar-refractivity contribution in [2.45, 2.75) is 58.4 Å².